The van der Waals surface area contributed by atoms with Gasteiger partial charge >= 0.3 is 0 Å². The third-order valence-corrected chi connectivity index (χ3v) is 4.73. The van der Waals surface area contributed by atoms with E-state index in [0.717, 1.165) is 10.0 Å². The Morgan fingerprint density at radius 1 is 1.14 bits per heavy atom. The van der Waals surface area contributed by atoms with E-state index in [9.17, 15) is 4.39 Å². The summed E-state index contributed by atoms with van der Waals surface area (Å²) in [6.07, 6.45) is 0. The molecule has 0 saturated heterocycles. The average molecular weight is 428 g/mol. The monoisotopic (exact) mass is 426 g/mol. The van der Waals surface area contributed by atoms with Crippen LogP contribution in [0.1, 0.15) is 11.1 Å². The van der Waals surface area contributed by atoms with Gasteiger partial charge in [-0.05, 0) is 30.3 Å². The summed E-state index contributed by atoms with van der Waals surface area (Å²) in [6.45, 7) is 0.203. The number of hydrogen-bond acceptors (Lipinski definition) is 4. The number of ether oxygens (including phenoxy) is 2. The number of hydrogen-bond donors (Lipinski definition) is 1. The van der Waals surface area contributed by atoms with Crippen LogP contribution in [0, 0.1) is 5.82 Å². The lowest BCUT2D eigenvalue weighted by atomic mass is 9.81. The average Bonchev–Trinajstić information content (AvgIpc) is 2.85. The largest absolute Gasteiger partial charge is 0.462 e. The Hall–Kier alpha value is -1.60. The number of halogens is 3. The van der Waals surface area contributed by atoms with Gasteiger partial charge in [-0.15, -0.1) is 0 Å². The van der Waals surface area contributed by atoms with Crippen LogP contribution in [0.4, 0.5) is 4.39 Å². The molecule has 2 aromatic carbocycles. The second-order valence-electron chi connectivity index (χ2n) is 5.11. The third-order valence-electron chi connectivity index (χ3n) is 3.78. The van der Waals surface area contributed by atoms with Crippen molar-refractivity contribution in [3.63, 3.8) is 0 Å². The molecule has 2 aromatic rings. The van der Waals surface area contributed by atoms with E-state index >= 15 is 0 Å². The maximum atomic E-state index is 14.4. The first-order valence-corrected chi connectivity index (χ1v) is 8.04. The van der Waals surface area contributed by atoms with Crippen LogP contribution in [0.15, 0.2) is 44.3 Å². The molecule has 7 heteroatoms. The Bertz CT molecular complexity index is 841. The molecule has 4 rings (SSSR count). The Labute approximate surface area is 142 Å². The molecule has 2 N–H and O–H groups in total. The predicted octanol–water partition coefficient (Wildman–Crippen LogP) is 4.04. The molecular formula is C15H9Br2FN2O2. The summed E-state index contributed by atoms with van der Waals surface area (Å²) >= 11 is 6.76. The van der Waals surface area contributed by atoms with Gasteiger partial charge < -0.3 is 15.2 Å². The van der Waals surface area contributed by atoms with Crippen LogP contribution in [0.25, 0.3) is 0 Å². The van der Waals surface area contributed by atoms with Gasteiger partial charge in [0.05, 0.1) is 0 Å². The molecule has 0 amide bonds. The highest BCUT2D eigenvalue weighted by Gasteiger charge is 2.48. The Morgan fingerprint density at radius 2 is 1.91 bits per heavy atom. The van der Waals surface area contributed by atoms with E-state index in [4.69, 9.17) is 15.2 Å². The summed E-state index contributed by atoms with van der Waals surface area (Å²) in [5.41, 5.74) is 6.21. The number of rotatable bonds is 0. The summed E-state index contributed by atoms with van der Waals surface area (Å²) in [7, 11) is 0. The van der Waals surface area contributed by atoms with Gasteiger partial charge in [-0.3, -0.25) is 0 Å². The molecule has 1 spiro atoms. The molecule has 4 nitrogen and oxygen atoms in total. The highest BCUT2D eigenvalue weighted by molar-refractivity contribution is 9.10. The lowest BCUT2D eigenvalue weighted by Crippen LogP contribution is -2.31. The maximum absolute atomic E-state index is 14.4. The SMILES string of the molecule is NC1=N[C@@]2(CO1)c1cc(Br)ccc1Oc1c(F)cc(Br)cc12. The van der Waals surface area contributed by atoms with Crippen molar-refractivity contribution in [2.45, 2.75) is 5.54 Å². The van der Waals surface area contributed by atoms with Crippen LogP contribution >= 0.6 is 31.9 Å². The second kappa shape index (κ2) is 4.70. The predicted molar refractivity (Wildman–Crippen MR) is 86.7 cm³/mol. The van der Waals surface area contributed by atoms with Crippen molar-refractivity contribution in [3.8, 4) is 11.5 Å². The summed E-state index contributed by atoms with van der Waals surface area (Å²) in [5, 5.41) is 0. The van der Waals surface area contributed by atoms with Crippen LogP contribution in [-0.2, 0) is 10.3 Å². The van der Waals surface area contributed by atoms with Crippen molar-refractivity contribution in [3.05, 3.63) is 56.2 Å². The summed E-state index contributed by atoms with van der Waals surface area (Å²) in [5.74, 6) is 0.233. The fourth-order valence-corrected chi connectivity index (χ4v) is 3.64. The number of nitrogens with two attached hydrogens (primary N) is 1. The minimum absolute atomic E-state index is 0.0826. The Kier molecular flexibility index (Phi) is 2.99. The first kappa shape index (κ1) is 14.0. The molecule has 0 saturated carbocycles. The van der Waals surface area contributed by atoms with Crippen molar-refractivity contribution in [1.29, 1.82) is 0 Å². The first-order chi connectivity index (χ1) is 10.5. The number of fused-ring (bicyclic) bond motifs is 4. The molecule has 2 aliphatic heterocycles. The smallest absolute Gasteiger partial charge is 0.283 e. The van der Waals surface area contributed by atoms with Gasteiger partial charge in [0.1, 0.15) is 12.4 Å². The van der Waals surface area contributed by atoms with Crippen LogP contribution in [0.2, 0.25) is 0 Å². The topological polar surface area (TPSA) is 56.8 Å². The van der Waals surface area contributed by atoms with E-state index in [0.29, 0.717) is 15.8 Å². The van der Waals surface area contributed by atoms with Gasteiger partial charge in [0.15, 0.2) is 17.1 Å². The number of benzene rings is 2. The zero-order valence-corrected chi connectivity index (χ0v) is 14.2. The van der Waals surface area contributed by atoms with Crippen molar-refractivity contribution in [2.24, 2.45) is 10.7 Å². The van der Waals surface area contributed by atoms with Crippen molar-refractivity contribution < 1.29 is 13.9 Å². The van der Waals surface area contributed by atoms with E-state index in [-0.39, 0.29) is 18.4 Å². The molecule has 0 fully saturated rings. The molecule has 0 radical (unpaired) electrons. The van der Waals surface area contributed by atoms with Crippen molar-refractivity contribution in [2.75, 3.05) is 6.61 Å². The molecule has 0 bridgehead atoms. The van der Waals surface area contributed by atoms with Crippen LogP contribution in [0.3, 0.4) is 0 Å². The van der Waals surface area contributed by atoms with E-state index < -0.39 is 11.4 Å². The zero-order chi connectivity index (χ0) is 15.5. The van der Waals surface area contributed by atoms with Gasteiger partial charge in [-0.25, -0.2) is 9.38 Å². The fourth-order valence-electron chi connectivity index (χ4n) is 2.85. The molecule has 2 aliphatic rings. The van der Waals surface area contributed by atoms with E-state index in [1.54, 1.807) is 12.1 Å². The summed E-state index contributed by atoms with van der Waals surface area (Å²) in [6, 6.07) is 8.72. The lowest BCUT2D eigenvalue weighted by Gasteiger charge is -2.33. The van der Waals surface area contributed by atoms with Gasteiger partial charge in [-0.1, -0.05) is 31.9 Å². The highest BCUT2D eigenvalue weighted by atomic mass is 79.9. The van der Waals surface area contributed by atoms with Gasteiger partial charge in [0, 0.05) is 20.1 Å². The summed E-state index contributed by atoms with van der Waals surface area (Å²) < 4.78 is 27.0. The molecule has 22 heavy (non-hydrogen) atoms. The molecule has 0 aromatic heterocycles. The number of aliphatic imine (C=N–C) groups is 1. The van der Waals surface area contributed by atoms with Gasteiger partial charge in [-0.2, -0.15) is 0 Å². The third kappa shape index (κ3) is 1.88. The Balaban J connectivity index is 2.08. The van der Waals surface area contributed by atoms with Crippen LogP contribution in [0.5, 0.6) is 11.5 Å². The van der Waals surface area contributed by atoms with E-state index in [1.807, 2.05) is 12.1 Å². The normalized spacial score (nSPS) is 21.7. The van der Waals surface area contributed by atoms with Crippen LogP contribution < -0.4 is 10.5 Å². The number of nitrogens with zero attached hydrogens (tertiary/aromatic N) is 1. The van der Waals surface area contributed by atoms with E-state index in [2.05, 4.69) is 36.9 Å². The van der Waals surface area contributed by atoms with E-state index in [1.165, 1.54) is 6.07 Å². The van der Waals surface area contributed by atoms with Gasteiger partial charge in [0.25, 0.3) is 6.02 Å². The quantitative estimate of drug-likeness (QED) is 0.690. The van der Waals surface area contributed by atoms with Crippen molar-refractivity contribution in [1.82, 2.24) is 0 Å². The zero-order valence-electron chi connectivity index (χ0n) is 11.1. The number of amidine groups is 1. The lowest BCUT2D eigenvalue weighted by molar-refractivity contribution is 0.262. The molecule has 2 heterocycles. The summed E-state index contributed by atoms with van der Waals surface area (Å²) in [4.78, 5) is 4.47. The van der Waals surface area contributed by atoms with Gasteiger partial charge in [0.2, 0.25) is 0 Å². The first-order valence-electron chi connectivity index (χ1n) is 6.45. The molecule has 0 unspecified atom stereocenters. The molecular weight excluding hydrogens is 419 g/mol. The maximum Gasteiger partial charge on any atom is 0.283 e. The van der Waals surface area contributed by atoms with Crippen molar-refractivity contribution >= 4 is 37.9 Å². The second-order valence-corrected chi connectivity index (χ2v) is 6.94. The standard InChI is InChI=1S/C15H9Br2FN2O2/c16-7-1-2-12-9(3-7)15(6-21-14(19)20-15)10-4-8(17)5-11(18)13(10)22-12/h1-5H,6H2,(H2,19,20)/t15-/m0/s1. The minimum Gasteiger partial charge on any atom is -0.462 e. The molecule has 1 atom stereocenters. The van der Waals surface area contributed by atoms with Crippen LogP contribution in [-0.4, -0.2) is 12.6 Å². The fraction of sp³-hybridized carbons (Fsp3) is 0.133. The molecule has 0 aliphatic carbocycles. The highest BCUT2D eigenvalue weighted by Crippen LogP contribution is 2.52. The Morgan fingerprint density at radius 3 is 2.64 bits per heavy atom. The minimum atomic E-state index is -0.901. The molecule has 112 valence electrons.